The zero-order chi connectivity index (χ0) is 16.4. The van der Waals surface area contributed by atoms with Crippen LogP contribution >= 0.6 is 0 Å². The van der Waals surface area contributed by atoms with Crippen molar-refractivity contribution in [3.05, 3.63) is 23.4 Å². The van der Waals surface area contributed by atoms with Gasteiger partial charge in [-0.3, -0.25) is 0 Å². The Morgan fingerprint density at radius 1 is 1.22 bits per heavy atom. The topological polar surface area (TPSA) is 87.9 Å². The number of nitrogens with one attached hydrogen (secondary N) is 1. The number of dihydropyridines is 1. The van der Waals surface area contributed by atoms with Crippen molar-refractivity contribution in [1.29, 1.82) is 0 Å². The van der Waals surface area contributed by atoms with Crippen molar-refractivity contribution in [3.63, 3.8) is 0 Å². The van der Waals surface area contributed by atoms with E-state index in [2.05, 4.69) is 5.32 Å². The number of sulfonamides is 1. The van der Waals surface area contributed by atoms with Crippen LogP contribution in [0.25, 0.3) is 0 Å². The van der Waals surface area contributed by atoms with E-state index in [1.165, 1.54) is 4.31 Å². The molecule has 0 unspecified atom stereocenters. The van der Waals surface area contributed by atoms with E-state index >= 15 is 0 Å². The molecule has 0 amide bonds. The molecule has 3 heterocycles. The number of hydrogen-bond donors (Lipinski definition) is 2. The van der Waals surface area contributed by atoms with E-state index in [1.54, 1.807) is 6.20 Å². The van der Waals surface area contributed by atoms with Crippen LogP contribution in [0, 0.1) is 0 Å². The van der Waals surface area contributed by atoms with E-state index in [1.807, 2.05) is 4.90 Å². The van der Waals surface area contributed by atoms with Crippen molar-refractivity contribution >= 4 is 10.0 Å². The van der Waals surface area contributed by atoms with Crippen molar-refractivity contribution in [2.75, 3.05) is 45.9 Å². The molecule has 2 saturated heterocycles. The van der Waals surface area contributed by atoms with Gasteiger partial charge in [0.1, 0.15) is 5.83 Å². The number of nitrogens with two attached hydrogens (primary N) is 1. The average Bonchev–Trinajstić information content (AvgIpc) is 2.56. The molecule has 3 rings (SSSR count). The Kier molecular flexibility index (Phi) is 4.79. The molecular weight excluding hydrogens is 323 g/mol. The van der Waals surface area contributed by atoms with Crippen molar-refractivity contribution in [3.8, 4) is 0 Å². The van der Waals surface area contributed by atoms with E-state index < -0.39 is 15.3 Å². The first kappa shape index (κ1) is 16.5. The Balaban J connectivity index is 1.65. The monoisotopic (exact) mass is 346 g/mol. The van der Waals surface area contributed by atoms with Gasteiger partial charge in [0, 0.05) is 32.4 Å². The Morgan fingerprint density at radius 2 is 1.87 bits per heavy atom. The van der Waals surface area contributed by atoms with Crippen molar-refractivity contribution in [2.24, 2.45) is 5.73 Å². The molecular formula is C14H23FN4O3S. The molecule has 9 heteroatoms. The van der Waals surface area contributed by atoms with E-state index in [-0.39, 0.29) is 12.4 Å². The second kappa shape index (κ2) is 6.66. The molecule has 3 aliphatic heterocycles. The molecule has 0 atom stereocenters. The fourth-order valence-corrected chi connectivity index (χ4v) is 5.19. The normalized spacial score (nSPS) is 25.3. The maximum absolute atomic E-state index is 14.0. The van der Waals surface area contributed by atoms with Crippen LogP contribution in [0.4, 0.5) is 4.39 Å². The smallest absolute Gasteiger partial charge is 0.217 e. The standard InChI is InChI=1S/C14H23FN4O3S/c15-12-9-17-10-13(16)14(12)18-3-1-11(2-4-18)23(20,21)19-5-7-22-8-6-19/h10-11,17H,1-9,16H2. The lowest BCUT2D eigenvalue weighted by atomic mass is 10.1. The summed E-state index contributed by atoms with van der Waals surface area (Å²) in [5, 5.41) is 2.36. The highest BCUT2D eigenvalue weighted by atomic mass is 32.2. The zero-order valence-electron chi connectivity index (χ0n) is 13.0. The summed E-state index contributed by atoms with van der Waals surface area (Å²) < 4.78 is 46.1. The number of ether oxygens (including phenoxy) is 1. The number of rotatable bonds is 3. The molecule has 7 nitrogen and oxygen atoms in total. The lowest BCUT2D eigenvalue weighted by molar-refractivity contribution is 0.0722. The maximum Gasteiger partial charge on any atom is 0.217 e. The Hall–Kier alpha value is -1.32. The summed E-state index contributed by atoms with van der Waals surface area (Å²) >= 11 is 0. The fraction of sp³-hybridized carbons (Fsp3) is 0.714. The molecule has 23 heavy (non-hydrogen) atoms. The minimum Gasteiger partial charge on any atom is -0.396 e. The third-order valence-electron chi connectivity index (χ3n) is 4.55. The molecule has 0 aromatic rings. The van der Waals surface area contributed by atoms with Crippen molar-refractivity contribution in [1.82, 2.24) is 14.5 Å². The third kappa shape index (κ3) is 3.31. The third-order valence-corrected chi connectivity index (χ3v) is 6.95. The number of halogens is 1. The highest BCUT2D eigenvalue weighted by Crippen LogP contribution is 2.27. The molecule has 0 spiro atoms. The fourth-order valence-electron chi connectivity index (χ4n) is 3.30. The Bertz CT molecular complexity index is 606. The summed E-state index contributed by atoms with van der Waals surface area (Å²) in [5.41, 5.74) is 6.63. The number of likely N-dealkylation sites (tertiary alicyclic amines) is 1. The number of nitrogens with zero attached hydrogens (tertiary/aromatic N) is 2. The van der Waals surface area contributed by atoms with Crippen LogP contribution in [0.1, 0.15) is 12.8 Å². The highest BCUT2D eigenvalue weighted by Gasteiger charge is 2.36. The van der Waals surface area contributed by atoms with Crippen LogP contribution in [-0.2, 0) is 14.8 Å². The minimum atomic E-state index is -3.31. The van der Waals surface area contributed by atoms with Gasteiger partial charge in [0.05, 0.1) is 36.4 Å². The minimum absolute atomic E-state index is 0.127. The summed E-state index contributed by atoms with van der Waals surface area (Å²) in [6.07, 6.45) is 2.56. The van der Waals surface area contributed by atoms with Crippen LogP contribution < -0.4 is 11.1 Å². The number of morpholine rings is 1. The second-order valence-electron chi connectivity index (χ2n) is 5.98. The second-order valence-corrected chi connectivity index (χ2v) is 8.19. The SMILES string of the molecule is NC1=CNCC(F)=C1N1CCC(S(=O)(=O)N2CCOCC2)CC1. The van der Waals surface area contributed by atoms with Gasteiger partial charge >= 0.3 is 0 Å². The van der Waals surface area contributed by atoms with Crippen LogP contribution in [0.15, 0.2) is 23.4 Å². The summed E-state index contributed by atoms with van der Waals surface area (Å²) in [6, 6.07) is 0. The Labute approximate surface area is 136 Å². The molecule has 130 valence electrons. The summed E-state index contributed by atoms with van der Waals surface area (Å²) in [4.78, 5) is 1.85. The van der Waals surface area contributed by atoms with Gasteiger partial charge in [-0.05, 0) is 12.8 Å². The molecule has 0 aliphatic carbocycles. The first-order valence-corrected chi connectivity index (χ1v) is 9.40. The predicted octanol–water partition coefficient (Wildman–Crippen LogP) is -0.303. The number of piperidine rings is 1. The van der Waals surface area contributed by atoms with Gasteiger partial charge in [0.15, 0.2) is 0 Å². The summed E-state index contributed by atoms with van der Waals surface area (Å²) in [5.74, 6) is -0.292. The lowest BCUT2D eigenvalue weighted by Gasteiger charge is -2.38. The van der Waals surface area contributed by atoms with Gasteiger partial charge in [-0.2, -0.15) is 4.31 Å². The van der Waals surface area contributed by atoms with E-state index in [0.29, 0.717) is 63.6 Å². The largest absolute Gasteiger partial charge is 0.396 e. The quantitative estimate of drug-likeness (QED) is 0.729. The van der Waals surface area contributed by atoms with E-state index in [4.69, 9.17) is 10.5 Å². The van der Waals surface area contributed by atoms with Crippen LogP contribution in [0.2, 0.25) is 0 Å². The average molecular weight is 346 g/mol. The molecule has 0 saturated carbocycles. The highest BCUT2D eigenvalue weighted by molar-refractivity contribution is 7.89. The molecule has 2 fully saturated rings. The summed E-state index contributed by atoms with van der Waals surface area (Å²) in [6.45, 7) is 2.85. The van der Waals surface area contributed by atoms with Gasteiger partial charge < -0.3 is 20.7 Å². The lowest BCUT2D eigenvalue weighted by Crippen LogP contribution is -2.49. The van der Waals surface area contributed by atoms with Crippen LogP contribution in [0.5, 0.6) is 0 Å². The molecule has 0 bridgehead atoms. The molecule has 3 N–H and O–H groups in total. The zero-order valence-corrected chi connectivity index (χ0v) is 13.8. The van der Waals surface area contributed by atoms with Gasteiger partial charge in [0.25, 0.3) is 0 Å². The van der Waals surface area contributed by atoms with Gasteiger partial charge in [0.2, 0.25) is 10.0 Å². The predicted molar refractivity (Wildman–Crippen MR) is 84.3 cm³/mol. The molecule has 0 aromatic heterocycles. The van der Waals surface area contributed by atoms with E-state index in [9.17, 15) is 12.8 Å². The van der Waals surface area contributed by atoms with Crippen LogP contribution in [-0.4, -0.2) is 68.8 Å². The van der Waals surface area contributed by atoms with Crippen molar-refractivity contribution < 1.29 is 17.5 Å². The first-order valence-electron chi connectivity index (χ1n) is 7.90. The Morgan fingerprint density at radius 3 is 2.48 bits per heavy atom. The number of hydrogen-bond acceptors (Lipinski definition) is 6. The van der Waals surface area contributed by atoms with Crippen LogP contribution in [0.3, 0.4) is 0 Å². The van der Waals surface area contributed by atoms with Crippen molar-refractivity contribution in [2.45, 2.75) is 18.1 Å². The van der Waals surface area contributed by atoms with E-state index in [0.717, 1.165) is 0 Å². The molecule has 0 aromatic carbocycles. The maximum atomic E-state index is 14.0. The molecule has 3 aliphatic rings. The van der Waals surface area contributed by atoms with Gasteiger partial charge in [-0.1, -0.05) is 0 Å². The first-order chi connectivity index (χ1) is 11.0. The van der Waals surface area contributed by atoms with Gasteiger partial charge in [-0.25, -0.2) is 12.8 Å². The van der Waals surface area contributed by atoms with Gasteiger partial charge in [-0.15, -0.1) is 0 Å². The molecule has 0 radical (unpaired) electrons. The summed E-state index contributed by atoms with van der Waals surface area (Å²) in [7, 11) is -3.31.